The summed E-state index contributed by atoms with van der Waals surface area (Å²) in [5.41, 5.74) is 1.35. The van der Waals surface area contributed by atoms with E-state index in [9.17, 15) is 18.0 Å². The molecule has 28 heavy (non-hydrogen) atoms. The number of nitrogens with zero attached hydrogens (tertiary/aromatic N) is 2. The van der Waals surface area contributed by atoms with E-state index in [-0.39, 0.29) is 18.0 Å². The average molecular weight is 429 g/mol. The largest absolute Gasteiger partial charge is 0.456 e. The first-order valence-corrected chi connectivity index (χ1v) is 10.2. The second kappa shape index (κ2) is 9.18. The van der Waals surface area contributed by atoms with Gasteiger partial charge in [0.05, 0.1) is 17.1 Å². The number of esters is 1. The monoisotopic (exact) mass is 428 g/mol. The molecule has 9 nitrogen and oxygen atoms in total. The van der Waals surface area contributed by atoms with Crippen LogP contribution in [0, 0.1) is 13.8 Å². The van der Waals surface area contributed by atoms with Crippen LogP contribution in [-0.2, 0) is 31.4 Å². The number of sulfonamides is 1. The highest BCUT2D eigenvalue weighted by atomic mass is 35.5. The molecule has 1 aromatic carbocycles. The van der Waals surface area contributed by atoms with Crippen LogP contribution in [0.2, 0.25) is 5.02 Å². The van der Waals surface area contributed by atoms with Crippen molar-refractivity contribution in [2.75, 3.05) is 18.5 Å². The molecule has 2 N–H and O–H groups in total. The molecule has 0 aliphatic rings. The van der Waals surface area contributed by atoms with Gasteiger partial charge in [0.2, 0.25) is 0 Å². The number of amides is 1. The molecule has 0 unspecified atom stereocenters. The molecule has 0 saturated heterocycles. The molecule has 0 saturated carbocycles. The zero-order valence-corrected chi connectivity index (χ0v) is 17.2. The van der Waals surface area contributed by atoms with Crippen LogP contribution in [-0.4, -0.2) is 43.0 Å². The van der Waals surface area contributed by atoms with Crippen molar-refractivity contribution in [3.05, 3.63) is 40.8 Å². The Balaban J connectivity index is 1.75. The lowest BCUT2D eigenvalue weighted by atomic mass is 10.2. The molecule has 0 bridgehead atoms. The smallest absolute Gasteiger partial charge is 0.307 e. The fourth-order valence-electron chi connectivity index (χ4n) is 2.14. The van der Waals surface area contributed by atoms with Crippen LogP contribution in [0.1, 0.15) is 17.8 Å². The van der Waals surface area contributed by atoms with E-state index in [4.69, 9.17) is 16.3 Å². The Morgan fingerprint density at radius 1 is 1.29 bits per heavy atom. The number of rotatable bonds is 8. The Morgan fingerprint density at radius 2 is 2.00 bits per heavy atom. The summed E-state index contributed by atoms with van der Waals surface area (Å²) in [5, 5.41) is 2.78. The van der Waals surface area contributed by atoms with E-state index in [1.165, 1.54) is 6.20 Å². The van der Waals surface area contributed by atoms with Gasteiger partial charge in [-0.05, 0) is 31.5 Å². The zero-order chi connectivity index (χ0) is 20.9. The van der Waals surface area contributed by atoms with Gasteiger partial charge in [-0.15, -0.1) is 0 Å². The third kappa shape index (κ3) is 6.04. The van der Waals surface area contributed by atoms with Gasteiger partial charge in [0.15, 0.2) is 11.6 Å². The van der Waals surface area contributed by atoms with Gasteiger partial charge in [-0.3, -0.25) is 9.59 Å². The molecule has 0 radical (unpaired) electrons. The van der Waals surface area contributed by atoms with E-state index in [0.717, 1.165) is 5.56 Å². The molecule has 0 fully saturated rings. The number of aryl methyl sites for hydroxylation is 3. The summed E-state index contributed by atoms with van der Waals surface area (Å²) in [6.07, 6.45) is 1.14. The minimum atomic E-state index is -3.82. The van der Waals surface area contributed by atoms with E-state index in [0.29, 0.717) is 16.5 Å². The van der Waals surface area contributed by atoms with E-state index >= 15 is 0 Å². The number of imidazole rings is 1. The molecular formula is C17H21ClN4O5S. The molecule has 1 amide bonds. The number of aromatic nitrogens is 2. The van der Waals surface area contributed by atoms with Crippen LogP contribution in [0.3, 0.4) is 0 Å². The number of ether oxygens (including phenoxy) is 1. The Morgan fingerprint density at radius 3 is 2.61 bits per heavy atom. The van der Waals surface area contributed by atoms with Crippen molar-refractivity contribution in [2.24, 2.45) is 7.05 Å². The first-order valence-electron chi connectivity index (χ1n) is 8.30. The Bertz CT molecular complexity index is 968. The minimum absolute atomic E-state index is 0.129. The topological polar surface area (TPSA) is 119 Å². The first kappa shape index (κ1) is 21.9. The van der Waals surface area contributed by atoms with Gasteiger partial charge in [-0.1, -0.05) is 17.7 Å². The zero-order valence-electron chi connectivity index (χ0n) is 15.7. The molecule has 0 spiro atoms. The predicted octanol–water partition coefficient (Wildman–Crippen LogP) is 1.54. The van der Waals surface area contributed by atoms with E-state index in [2.05, 4.69) is 15.0 Å². The minimum Gasteiger partial charge on any atom is -0.456 e. The maximum absolute atomic E-state index is 12.1. The first-order chi connectivity index (χ1) is 13.1. The van der Waals surface area contributed by atoms with Gasteiger partial charge in [0.1, 0.15) is 5.82 Å². The number of halogens is 1. The van der Waals surface area contributed by atoms with Gasteiger partial charge in [0.25, 0.3) is 15.9 Å². The fourth-order valence-corrected chi connectivity index (χ4v) is 3.49. The molecule has 1 heterocycles. The average Bonchev–Trinajstić information content (AvgIpc) is 2.95. The lowest BCUT2D eigenvalue weighted by Gasteiger charge is -2.09. The van der Waals surface area contributed by atoms with Crippen molar-refractivity contribution < 1.29 is 22.7 Å². The summed E-state index contributed by atoms with van der Waals surface area (Å²) in [6, 6.07) is 5.12. The molecule has 1 aromatic heterocycles. The van der Waals surface area contributed by atoms with E-state index < -0.39 is 28.5 Å². The van der Waals surface area contributed by atoms with Gasteiger partial charge in [-0.25, -0.2) is 18.1 Å². The van der Waals surface area contributed by atoms with Crippen LogP contribution in [0.25, 0.3) is 0 Å². The highest BCUT2D eigenvalue weighted by Crippen LogP contribution is 2.22. The standard InChI is InChI=1S/C17H21ClN4O5S/c1-11-4-5-14(13(18)8-11)21-15(23)10-27-17(24)6-7-19-28(25,26)16-9-22(3)12(2)20-16/h4-5,8-9,19H,6-7,10H2,1-3H3,(H,21,23). The molecule has 2 rings (SSSR count). The number of anilines is 1. The Kier molecular flexibility index (Phi) is 7.17. The van der Waals surface area contributed by atoms with Crippen molar-refractivity contribution in [2.45, 2.75) is 25.3 Å². The fraction of sp³-hybridized carbons (Fsp3) is 0.353. The highest BCUT2D eigenvalue weighted by Gasteiger charge is 2.19. The third-order valence-corrected chi connectivity index (χ3v) is 5.39. The normalized spacial score (nSPS) is 11.3. The number of carbonyl (C=O) groups excluding carboxylic acids is 2. The van der Waals surface area contributed by atoms with Crippen LogP contribution in [0.15, 0.2) is 29.4 Å². The second-order valence-corrected chi connectivity index (χ2v) is 8.20. The number of carbonyl (C=O) groups is 2. The van der Waals surface area contributed by atoms with E-state index in [1.807, 2.05) is 6.92 Å². The number of nitrogens with one attached hydrogen (secondary N) is 2. The predicted molar refractivity (Wildman–Crippen MR) is 104 cm³/mol. The van der Waals surface area contributed by atoms with Crippen molar-refractivity contribution in [1.82, 2.24) is 14.3 Å². The van der Waals surface area contributed by atoms with Crippen LogP contribution in [0.5, 0.6) is 0 Å². The van der Waals surface area contributed by atoms with Crippen LogP contribution >= 0.6 is 11.6 Å². The van der Waals surface area contributed by atoms with Crippen molar-refractivity contribution in [3.8, 4) is 0 Å². The summed E-state index contributed by atoms with van der Waals surface area (Å²) >= 11 is 6.02. The van der Waals surface area contributed by atoms with Crippen LogP contribution < -0.4 is 10.0 Å². The van der Waals surface area contributed by atoms with Crippen molar-refractivity contribution >= 4 is 39.2 Å². The number of hydrogen-bond donors (Lipinski definition) is 2. The SMILES string of the molecule is Cc1ccc(NC(=O)COC(=O)CCNS(=O)(=O)c2cn(C)c(C)n2)c(Cl)c1. The van der Waals surface area contributed by atoms with Gasteiger partial charge >= 0.3 is 5.97 Å². The summed E-state index contributed by atoms with van der Waals surface area (Å²) in [7, 11) is -2.15. The van der Waals surface area contributed by atoms with Crippen molar-refractivity contribution in [3.63, 3.8) is 0 Å². The van der Waals surface area contributed by atoms with Gasteiger partial charge in [-0.2, -0.15) is 0 Å². The van der Waals surface area contributed by atoms with Gasteiger partial charge < -0.3 is 14.6 Å². The van der Waals surface area contributed by atoms with Crippen molar-refractivity contribution in [1.29, 1.82) is 0 Å². The molecule has 2 aromatic rings. The van der Waals surface area contributed by atoms with Gasteiger partial charge in [0, 0.05) is 19.8 Å². The Hall–Kier alpha value is -2.43. The second-order valence-electron chi connectivity index (χ2n) is 6.08. The molecule has 0 aliphatic heterocycles. The molecule has 0 aliphatic carbocycles. The van der Waals surface area contributed by atoms with E-state index in [1.54, 1.807) is 36.7 Å². The molecular weight excluding hydrogens is 408 g/mol. The third-order valence-electron chi connectivity index (χ3n) is 3.75. The maximum Gasteiger partial charge on any atom is 0.307 e. The lowest BCUT2D eigenvalue weighted by molar-refractivity contribution is -0.147. The lowest BCUT2D eigenvalue weighted by Crippen LogP contribution is -2.28. The highest BCUT2D eigenvalue weighted by molar-refractivity contribution is 7.89. The number of benzene rings is 1. The quantitative estimate of drug-likeness (QED) is 0.615. The number of hydrogen-bond acceptors (Lipinski definition) is 6. The van der Waals surface area contributed by atoms with Crippen LogP contribution in [0.4, 0.5) is 5.69 Å². The summed E-state index contributed by atoms with van der Waals surface area (Å²) in [5.74, 6) is -0.729. The maximum atomic E-state index is 12.1. The molecule has 11 heteroatoms. The molecule has 0 atom stereocenters. The molecule has 152 valence electrons. The Labute approximate surface area is 168 Å². The summed E-state index contributed by atoms with van der Waals surface area (Å²) < 4.78 is 32.8. The summed E-state index contributed by atoms with van der Waals surface area (Å²) in [4.78, 5) is 27.5. The summed E-state index contributed by atoms with van der Waals surface area (Å²) in [6.45, 7) is 2.85.